The maximum absolute atomic E-state index is 13.1. The van der Waals surface area contributed by atoms with Crippen LogP contribution in [0, 0.1) is 11.7 Å². The van der Waals surface area contributed by atoms with Crippen LogP contribution in [0.2, 0.25) is 0 Å². The molecule has 20 heavy (non-hydrogen) atoms. The van der Waals surface area contributed by atoms with Gasteiger partial charge in [0.05, 0.1) is 12.2 Å². The fraction of sp³-hybridized carbons (Fsp3) is 0.647. The normalized spacial score (nSPS) is 28.6. The molecular weight excluding hydrogens is 253 g/mol. The number of hydrogen-bond acceptors (Lipinski definition) is 2. The fourth-order valence-electron chi connectivity index (χ4n) is 3.14. The number of ether oxygens (including phenoxy) is 1. The molecule has 1 aromatic rings. The summed E-state index contributed by atoms with van der Waals surface area (Å²) in [4.78, 5) is 0. The third kappa shape index (κ3) is 4.03. The topological polar surface area (TPSA) is 21.3 Å². The largest absolute Gasteiger partial charge is 0.375 e. The third-order valence-electron chi connectivity index (χ3n) is 4.01. The summed E-state index contributed by atoms with van der Waals surface area (Å²) >= 11 is 0. The van der Waals surface area contributed by atoms with E-state index in [1.54, 1.807) is 12.1 Å². The predicted molar refractivity (Wildman–Crippen MR) is 80.1 cm³/mol. The second-order valence-electron chi connectivity index (χ2n) is 6.37. The molecule has 3 unspecified atom stereocenters. The molecule has 1 aromatic carbocycles. The van der Waals surface area contributed by atoms with Crippen molar-refractivity contribution in [1.29, 1.82) is 0 Å². The van der Waals surface area contributed by atoms with E-state index in [-0.39, 0.29) is 11.9 Å². The van der Waals surface area contributed by atoms with E-state index >= 15 is 0 Å². The van der Waals surface area contributed by atoms with Crippen molar-refractivity contribution in [2.75, 3.05) is 0 Å². The average molecular weight is 279 g/mol. The van der Waals surface area contributed by atoms with Gasteiger partial charge in [0.1, 0.15) is 5.82 Å². The second kappa shape index (κ2) is 6.68. The second-order valence-corrected chi connectivity index (χ2v) is 6.37. The van der Waals surface area contributed by atoms with Gasteiger partial charge < -0.3 is 10.1 Å². The Morgan fingerprint density at radius 3 is 2.15 bits per heavy atom. The average Bonchev–Trinajstić information content (AvgIpc) is 2.36. The molecule has 1 aliphatic heterocycles. The van der Waals surface area contributed by atoms with Crippen molar-refractivity contribution in [2.45, 2.75) is 64.8 Å². The van der Waals surface area contributed by atoms with Crippen LogP contribution in [0.1, 0.15) is 52.1 Å². The molecule has 1 N–H and O–H groups in total. The molecule has 0 amide bonds. The smallest absolute Gasteiger partial charge is 0.123 e. The van der Waals surface area contributed by atoms with Crippen LogP contribution in [0.25, 0.3) is 0 Å². The highest BCUT2D eigenvalue weighted by Crippen LogP contribution is 2.26. The lowest BCUT2D eigenvalue weighted by molar-refractivity contribution is -0.0444. The lowest BCUT2D eigenvalue weighted by Crippen LogP contribution is -2.43. The van der Waals surface area contributed by atoms with E-state index in [1.165, 1.54) is 0 Å². The summed E-state index contributed by atoms with van der Waals surface area (Å²) in [5.74, 6) is 0.290. The lowest BCUT2D eigenvalue weighted by Gasteiger charge is -2.36. The van der Waals surface area contributed by atoms with Gasteiger partial charge in [-0.3, -0.25) is 0 Å². The fourth-order valence-corrected chi connectivity index (χ4v) is 3.14. The number of nitrogens with one attached hydrogen (secondary N) is 1. The van der Waals surface area contributed by atoms with Crippen LogP contribution in [0.15, 0.2) is 24.3 Å². The Balaban J connectivity index is 2.07. The summed E-state index contributed by atoms with van der Waals surface area (Å²) in [5.41, 5.74) is 1.16. The highest BCUT2D eigenvalue weighted by atomic mass is 19.1. The molecule has 0 aliphatic carbocycles. The number of halogens is 1. The van der Waals surface area contributed by atoms with Crippen molar-refractivity contribution >= 4 is 0 Å². The van der Waals surface area contributed by atoms with E-state index in [0.717, 1.165) is 18.4 Å². The first-order chi connectivity index (χ1) is 9.45. The Morgan fingerprint density at radius 1 is 1.10 bits per heavy atom. The van der Waals surface area contributed by atoms with Gasteiger partial charge in [-0.1, -0.05) is 26.0 Å². The molecule has 1 saturated heterocycles. The van der Waals surface area contributed by atoms with Crippen molar-refractivity contribution in [2.24, 2.45) is 5.92 Å². The molecule has 0 spiro atoms. The molecule has 3 heteroatoms. The molecule has 0 radical (unpaired) electrons. The van der Waals surface area contributed by atoms with E-state index in [9.17, 15) is 4.39 Å². The number of benzene rings is 1. The molecule has 2 rings (SSSR count). The Bertz CT molecular complexity index is 408. The summed E-state index contributed by atoms with van der Waals surface area (Å²) in [5, 5.41) is 3.75. The molecule has 3 atom stereocenters. The van der Waals surface area contributed by atoms with Gasteiger partial charge in [-0.15, -0.1) is 0 Å². The zero-order chi connectivity index (χ0) is 14.7. The van der Waals surface area contributed by atoms with Crippen LogP contribution in [0.5, 0.6) is 0 Å². The predicted octanol–water partition coefficient (Wildman–Crippen LogP) is 4.07. The van der Waals surface area contributed by atoms with E-state index in [4.69, 9.17) is 4.74 Å². The molecule has 0 aromatic heterocycles. The maximum Gasteiger partial charge on any atom is 0.123 e. The van der Waals surface area contributed by atoms with E-state index in [2.05, 4.69) is 33.0 Å². The molecule has 1 heterocycles. The minimum Gasteiger partial charge on any atom is -0.375 e. The zero-order valence-corrected chi connectivity index (χ0v) is 12.9. The Morgan fingerprint density at radius 2 is 1.65 bits per heavy atom. The van der Waals surface area contributed by atoms with Crippen LogP contribution < -0.4 is 5.32 Å². The van der Waals surface area contributed by atoms with Gasteiger partial charge in [0.2, 0.25) is 0 Å². The number of hydrogen-bond donors (Lipinski definition) is 1. The van der Waals surface area contributed by atoms with Crippen molar-refractivity contribution in [3.63, 3.8) is 0 Å². The first kappa shape index (κ1) is 15.5. The Kier molecular flexibility index (Phi) is 5.17. The molecule has 0 saturated carbocycles. The van der Waals surface area contributed by atoms with Gasteiger partial charge in [0.25, 0.3) is 0 Å². The van der Waals surface area contributed by atoms with Gasteiger partial charge in [0.15, 0.2) is 0 Å². The monoisotopic (exact) mass is 279 g/mol. The van der Waals surface area contributed by atoms with Crippen molar-refractivity contribution in [3.8, 4) is 0 Å². The van der Waals surface area contributed by atoms with Crippen molar-refractivity contribution < 1.29 is 9.13 Å². The molecule has 2 nitrogen and oxygen atoms in total. The van der Waals surface area contributed by atoms with Gasteiger partial charge in [-0.05, 0) is 50.3 Å². The molecule has 112 valence electrons. The molecular formula is C17H26FNO. The van der Waals surface area contributed by atoms with Crippen LogP contribution in [-0.4, -0.2) is 18.2 Å². The van der Waals surface area contributed by atoms with E-state index in [1.807, 2.05) is 12.1 Å². The summed E-state index contributed by atoms with van der Waals surface area (Å²) < 4.78 is 18.9. The van der Waals surface area contributed by atoms with Gasteiger partial charge in [0, 0.05) is 12.1 Å². The van der Waals surface area contributed by atoms with E-state index in [0.29, 0.717) is 24.2 Å². The highest BCUT2D eigenvalue weighted by Gasteiger charge is 2.27. The first-order valence-electron chi connectivity index (χ1n) is 7.62. The summed E-state index contributed by atoms with van der Waals surface area (Å²) in [6.07, 6.45) is 2.68. The number of rotatable bonds is 4. The van der Waals surface area contributed by atoms with Crippen LogP contribution >= 0.6 is 0 Å². The van der Waals surface area contributed by atoms with Gasteiger partial charge >= 0.3 is 0 Å². The molecule has 1 fully saturated rings. The van der Waals surface area contributed by atoms with Gasteiger partial charge in [-0.2, -0.15) is 0 Å². The quantitative estimate of drug-likeness (QED) is 0.897. The lowest BCUT2D eigenvalue weighted by atomic mass is 9.92. The summed E-state index contributed by atoms with van der Waals surface area (Å²) in [7, 11) is 0. The first-order valence-corrected chi connectivity index (χ1v) is 7.62. The Hall–Kier alpha value is -0.930. The van der Waals surface area contributed by atoms with Crippen molar-refractivity contribution in [1.82, 2.24) is 5.32 Å². The molecule has 0 bridgehead atoms. The SMILES string of the molecule is CC1CC(NC(c2ccc(F)cc2)C(C)C)CC(C)O1. The molecule has 1 aliphatic rings. The minimum absolute atomic E-state index is 0.176. The van der Waals surface area contributed by atoms with Crippen LogP contribution in [0.4, 0.5) is 4.39 Å². The highest BCUT2D eigenvalue weighted by molar-refractivity contribution is 5.20. The van der Waals surface area contributed by atoms with Crippen LogP contribution in [0.3, 0.4) is 0 Å². The van der Waals surface area contributed by atoms with Gasteiger partial charge in [-0.25, -0.2) is 4.39 Å². The van der Waals surface area contributed by atoms with Crippen LogP contribution in [-0.2, 0) is 4.74 Å². The third-order valence-corrected chi connectivity index (χ3v) is 4.01. The van der Waals surface area contributed by atoms with Crippen molar-refractivity contribution in [3.05, 3.63) is 35.6 Å². The summed E-state index contributed by atoms with van der Waals surface area (Å²) in [6, 6.07) is 7.59. The maximum atomic E-state index is 13.1. The zero-order valence-electron chi connectivity index (χ0n) is 12.9. The minimum atomic E-state index is -0.176. The Labute approximate surface area is 121 Å². The van der Waals surface area contributed by atoms with E-state index < -0.39 is 0 Å². The standard InChI is InChI=1S/C17H26FNO/c1-11(2)17(14-5-7-15(18)8-6-14)19-16-9-12(3)20-13(4)10-16/h5-8,11-13,16-17,19H,9-10H2,1-4H3. The summed E-state index contributed by atoms with van der Waals surface area (Å²) in [6.45, 7) is 8.67.